The summed E-state index contributed by atoms with van der Waals surface area (Å²) in [4.78, 5) is 2.57. The van der Waals surface area contributed by atoms with Gasteiger partial charge in [-0.1, -0.05) is 19.3 Å². The van der Waals surface area contributed by atoms with Crippen molar-refractivity contribution in [1.82, 2.24) is 4.90 Å². The van der Waals surface area contributed by atoms with E-state index in [1.807, 2.05) is 0 Å². The van der Waals surface area contributed by atoms with Gasteiger partial charge in [-0.3, -0.25) is 4.90 Å². The first-order valence-electron chi connectivity index (χ1n) is 7.14. The highest BCUT2D eigenvalue weighted by molar-refractivity contribution is 4.94. The van der Waals surface area contributed by atoms with Gasteiger partial charge in [-0.2, -0.15) is 0 Å². The third kappa shape index (κ3) is 3.01. The highest BCUT2D eigenvalue weighted by atomic mass is 16.5. The SMILES string of the molecule is CC1CN(C(C)(CN)CC2CCC2)CC(C)O1. The zero-order valence-electron chi connectivity index (χ0n) is 11.6. The predicted molar refractivity (Wildman–Crippen MR) is 71.0 cm³/mol. The lowest BCUT2D eigenvalue weighted by atomic mass is 9.75. The topological polar surface area (TPSA) is 38.5 Å². The van der Waals surface area contributed by atoms with Gasteiger partial charge in [0.1, 0.15) is 0 Å². The summed E-state index contributed by atoms with van der Waals surface area (Å²) in [6.07, 6.45) is 6.18. The van der Waals surface area contributed by atoms with Crippen LogP contribution in [0.15, 0.2) is 0 Å². The van der Waals surface area contributed by atoms with Crippen LogP contribution in [0.25, 0.3) is 0 Å². The highest BCUT2D eigenvalue weighted by Gasteiger charge is 2.38. The molecule has 0 aromatic heterocycles. The summed E-state index contributed by atoms with van der Waals surface area (Å²) in [7, 11) is 0. The van der Waals surface area contributed by atoms with Gasteiger partial charge in [0.15, 0.2) is 0 Å². The standard InChI is InChI=1S/C14H28N2O/c1-11-8-16(9-12(2)17-11)14(3,10-15)7-13-5-4-6-13/h11-13H,4-10,15H2,1-3H3. The van der Waals surface area contributed by atoms with Gasteiger partial charge in [0, 0.05) is 25.2 Å². The molecule has 0 amide bonds. The van der Waals surface area contributed by atoms with E-state index in [1.54, 1.807) is 0 Å². The Labute approximate surface area is 106 Å². The van der Waals surface area contributed by atoms with Crippen molar-refractivity contribution in [2.24, 2.45) is 11.7 Å². The van der Waals surface area contributed by atoms with E-state index in [0.717, 1.165) is 25.6 Å². The predicted octanol–water partition coefficient (Wildman–Crippen LogP) is 2.00. The molecule has 2 N–H and O–H groups in total. The third-order valence-corrected chi connectivity index (χ3v) is 4.58. The largest absolute Gasteiger partial charge is 0.373 e. The summed E-state index contributed by atoms with van der Waals surface area (Å²) in [6, 6.07) is 0. The van der Waals surface area contributed by atoms with Crippen LogP contribution < -0.4 is 5.73 Å². The molecule has 2 fully saturated rings. The van der Waals surface area contributed by atoms with Crippen LogP contribution in [0.5, 0.6) is 0 Å². The molecule has 3 unspecified atom stereocenters. The Morgan fingerprint density at radius 3 is 2.24 bits per heavy atom. The number of ether oxygens (including phenoxy) is 1. The van der Waals surface area contributed by atoms with Crippen LogP contribution in [-0.4, -0.2) is 42.3 Å². The second-order valence-corrected chi connectivity index (χ2v) is 6.36. The van der Waals surface area contributed by atoms with E-state index in [4.69, 9.17) is 10.5 Å². The molecule has 3 atom stereocenters. The maximum atomic E-state index is 6.07. The second kappa shape index (κ2) is 5.25. The van der Waals surface area contributed by atoms with Gasteiger partial charge in [-0.25, -0.2) is 0 Å². The monoisotopic (exact) mass is 240 g/mol. The molecule has 2 aliphatic rings. The van der Waals surface area contributed by atoms with Crippen LogP contribution in [0.4, 0.5) is 0 Å². The van der Waals surface area contributed by atoms with Crippen molar-refractivity contribution in [3.63, 3.8) is 0 Å². The van der Waals surface area contributed by atoms with Crippen molar-refractivity contribution >= 4 is 0 Å². The van der Waals surface area contributed by atoms with Crippen molar-refractivity contribution < 1.29 is 4.74 Å². The van der Waals surface area contributed by atoms with Crippen LogP contribution in [0.2, 0.25) is 0 Å². The van der Waals surface area contributed by atoms with E-state index in [-0.39, 0.29) is 5.54 Å². The Morgan fingerprint density at radius 2 is 1.82 bits per heavy atom. The molecule has 3 heteroatoms. The molecule has 0 bridgehead atoms. The summed E-state index contributed by atoms with van der Waals surface area (Å²) < 4.78 is 5.82. The first-order valence-corrected chi connectivity index (χ1v) is 7.14. The Balaban J connectivity index is 1.99. The van der Waals surface area contributed by atoms with E-state index in [9.17, 15) is 0 Å². The molecule has 0 aromatic rings. The van der Waals surface area contributed by atoms with Gasteiger partial charge < -0.3 is 10.5 Å². The molecule has 0 radical (unpaired) electrons. The quantitative estimate of drug-likeness (QED) is 0.817. The minimum Gasteiger partial charge on any atom is -0.373 e. The van der Waals surface area contributed by atoms with E-state index >= 15 is 0 Å². The van der Waals surface area contributed by atoms with Gasteiger partial charge in [0.25, 0.3) is 0 Å². The van der Waals surface area contributed by atoms with Crippen LogP contribution in [0, 0.1) is 5.92 Å². The van der Waals surface area contributed by atoms with Crippen LogP contribution in [0.3, 0.4) is 0 Å². The van der Waals surface area contributed by atoms with Crippen molar-refractivity contribution in [2.75, 3.05) is 19.6 Å². The third-order valence-electron chi connectivity index (χ3n) is 4.58. The highest BCUT2D eigenvalue weighted by Crippen LogP contribution is 2.36. The van der Waals surface area contributed by atoms with Gasteiger partial charge >= 0.3 is 0 Å². The summed E-state index contributed by atoms with van der Waals surface area (Å²) in [6.45, 7) is 9.51. The fourth-order valence-corrected chi connectivity index (χ4v) is 3.28. The minimum atomic E-state index is 0.178. The number of nitrogens with zero attached hydrogens (tertiary/aromatic N) is 1. The second-order valence-electron chi connectivity index (χ2n) is 6.36. The molecular formula is C14H28N2O. The maximum absolute atomic E-state index is 6.07. The molecule has 0 spiro atoms. The van der Waals surface area contributed by atoms with Crippen molar-refractivity contribution in [3.05, 3.63) is 0 Å². The average molecular weight is 240 g/mol. The lowest BCUT2D eigenvalue weighted by Gasteiger charge is -2.48. The van der Waals surface area contributed by atoms with Crippen molar-refractivity contribution in [1.29, 1.82) is 0 Å². The smallest absolute Gasteiger partial charge is 0.0678 e. The lowest BCUT2D eigenvalue weighted by Crippen LogP contribution is -2.60. The Bertz CT molecular complexity index is 245. The normalized spacial score (nSPS) is 35.3. The number of rotatable bonds is 4. The number of morpholine rings is 1. The molecule has 1 heterocycles. The average Bonchev–Trinajstić information content (AvgIpc) is 2.22. The van der Waals surface area contributed by atoms with Gasteiger partial charge in [-0.15, -0.1) is 0 Å². The van der Waals surface area contributed by atoms with E-state index in [0.29, 0.717) is 12.2 Å². The molecule has 17 heavy (non-hydrogen) atoms. The van der Waals surface area contributed by atoms with Crippen LogP contribution in [-0.2, 0) is 4.74 Å². The summed E-state index contributed by atoms with van der Waals surface area (Å²) in [5.74, 6) is 0.914. The molecule has 1 saturated heterocycles. The summed E-state index contributed by atoms with van der Waals surface area (Å²) in [5.41, 5.74) is 6.25. The van der Waals surface area contributed by atoms with E-state index < -0.39 is 0 Å². The first kappa shape index (κ1) is 13.3. The summed E-state index contributed by atoms with van der Waals surface area (Å²) >= 11 is 0. The van der Waals surface area contributed by atoms with Crippen molar-refractivity contribution in [3.8, 4) is 0 Å². The Kier molecular flexibility index (Phi) is 4.11. The fourth-order valence-electron chi connectivity index (χ4n) is 3.28. The van der Waals surface area contributed by atoms with Crippen molar-refractivity contribution in [2.45, 2.75) is 64.2 Å². The van der Waals surface area contributed by atoms with Gasteiger partial charge in [0.05, 0.1) is 12.2 Å². The number of hydrogen-bond donors (Lipinski definition) is 1. The van der Waals surface area contributed by atoms with Crippen LogP contribution in [0.1, 0.15) is 46.5 Å². The fraction of sp³-hybridized carbons (Fsp3) is 1.00. The molecule has 100 valence electrons. The Hall–Kier alpha value is -0.120. The zero-order chi connectivity index (χ0) is 12.5. The maximum Gasteiger partial charge on any atom is 0.0678 e. The molecule has 0 aromatic carbocycles. The van der Waals surface area contributed by atoms with Crippen LogP contribution >= 0.6 is 0 Å². The number of hydrogen-bond acceptors (Lipinski definition) is 3. The molecule has 1 aliphatic heterocycles. The zero-order valence-corrected chi connectivity index (χ0v) is 11.6. The number of nitrogens with two attached hydrogens (primary N) is 1. The molecule has 1 aliphatic carbocycles. The molecule has 1 saturated carbocycles. The minimum absolute atomic E-state index is 0.178. The van der Waals surface area contributed by atoms with Gasteiger partial charge in [-0.05, 0) is 33.1 Å². The van der Waals surface area contributed by atoms with Gasteiger partial charge in [0.2, 0.25) is 0 Å². The summed E-state index contributed by atoms with van der Waals surface area (Å²) in [5, 5.41) is 0. The lowest BCUT2D eigenvalue weighted by molar-refractivity contribution is -0.103. The van der Waals surface area contributed by atoms with E-state index in [2.05, 4.69) is 25.7 Å². The molecule has 3 nitrogen and oxygen atoms in total. The first-order chi connectivity index (χ1) is 8.03. The molecule has 2 rings (SSSR count). The molecular weight excluding hydrogens is 212 g/mol. The Morgan fingerprint density at radius 1 is 1.24 bits per heavy atom. The van der Waals surface area contributed by atoms with E-state index in [1.165, 1.54) is 25.7 Å².